The lowest BCUT2D eigenvalue weighted by molar-refractivity contribution is -0.144. The molecule has 0 radical (unpaired) electrons. The van der Waals surface area contributed by atoms with Crippen LogP contribution in [0.2, 0.25) is 10.0 Å². The van der Waals surface area contributed by atoms with Gasteiger partial charge in [0.15, 0.2) is 0 Å². The van der Waals surface area contributed by atoms with Gasteiger partial charge >= 0.3 is 0 Å². The molecule has 4 unspecified atom stereocenters. The third-order valence-corrected chi connectivity index (χ3v) is 8.31. The maximum absolute atomic E-state index is 14.0. The van der Waals surface area contributed by atoms with Crippen LogP contribution in [-0.4, -0.2) is 68.7 Å². The maximum atomic E-state index is 14.0. The summed E-state index contributed by atoms with van der Waals surface area (Å²) in [5.74, 6) is -0.194. The molecule has 11 heteroatoms. The van der Waals surface area contributed by atoms with Crippen LogP contribution in [0, 0.1) is 11.3 Å². The molecule has 2 saturated heterocycles. The second-order valence-corrected chi connectivity index (χ2v) is 12.7. The number of halogens is 2. The Balaban J connectivity index is 1.40. The summed E-state index contributed by atoms with van der Waals surface area (Å²) in [5, 5.41) is 23.3. The van der Waals surface area contributed by atoms with Gasteiger partial charge in [0.05, 0.1) is 24.4 Å². The molecule has 5 rings (SSSR count). The number of nitrogens with one attached hydrogen (secondary N) is 1. The maximum Gasteiger partial charge on any atom is 0.248 e. The van der Waals surface area contributed by atoms with E-state index in [1.54, 1.807) is 22.9 Å². The molecule has 3 heterocycles. The SMILES string of the molecule is CC(C)(C)[C@H](C(=O)N1CC(O)CC1C(=O)NC(c1cc(Cl)ccc1Cl)C1CCOC1)n1cc(C2CC2)nn1. The van der Waals surface area contributed by atoms with E-state index in [1.165, 1.54) is 4.90 Å². The van der Waals surface area contributed by atoms with Crippen LogP contribution in [0.15, 0.2) is 24.4 Å². The molecule has 1 aromatic heterocycles. The Labute approximate surface area is 232 Å². The molecule has 0 spiro atoms. The van der Waals surface area contributed by atoms with Gasteiger partial charge in [-0.15, -0.1) is 5.10 Å². The largest absolute Gasteiger partial charge is 0.391 e. The topological polar surface area (TPSA) is 110 Å². The molecule has 3 fully saturated rings. The van der Waals surface area contributed by atoms with Gasteiger partial charge in [-0.05, 0) is 48.4 Å². The van der Waals surface area contributed by atoms with Crippen LogP contribution in [0.4, 0.5) is 0 Å². The number of aliphatic hydroxyl groups excluding tert-OH is 1. The van der Waals surface area contributed by atoms with E-state index in [4.69, 9.17) is 27.9 Å². The van der Waals surface area contributed by atoms with Gasteiger partial charge in [0.2, 0.25) is 11.8 Å². The summed E-state index contributed by atoms with van der Waals surface area (Å²) in [6.45, 7) is 7.04. The summed E-state index contributed by atoms with van der Waals surface area (Å²) >= 11 is 12.8. The minimum atomic E-state index is -0.837. The molecule has 1 saturated carbocycles. The van der Waals surface area contributed by atoms with E-state index in [9.17, 15) is 14.7 Å². The molecule has 1 aliphatic carbocycles. The van der Waals surface area contributed by atoms with Gasteiger partial charge in [-0.2, -0.15) is 0 Å². The lowest BCUT2D eigenvalue weighted by Gasteiger charge is -2.35. The van der Waals surface area contributed by atoms with E-state index in [0.717, 1.165) is 25.0 Å². The van der Waals surface area contributed by atoms with Crippen LogP contribution < -0.4 is 5.32 Å². The third kappa shape index (κ3) is 5.71. The highest BCUT2D eigenvalue weighted by Gasteiger charge is 2.46. The van der Waals surface area contributed by atoms with Crippen molar-refractivity contribution in [1.82, 2.24) is 25.2 Å². The quantitative estimate of drug-likeness (QED) is 0.528. The second-order valence-electron chi connectivity index (χ2n) is 11.8. The number of carbonyl (C=O) groups is 2. The molecule has 38 heavy (non-hydrogen) atoms. The molecule has 2 N–H and O–H groups in total. The Bertz CT molecular complexity index is 1190. The van der Waals surface area contributed by atoms with E-state index in [1.807, 2.05) is 27.0 Å². The van der Waals surface area contributed by atoms with Crippen LogP contribution in [-0.2, 0) is 14.3 Å². The average Bonchev–Trinajstić information content (AvgIpc) is 3.22. The number of benzene rings is 1. The number of carbonyl (C=O) groups excluding carboxylic acids is 2. The second kappa shape index (κ2) is 10.8. The minimum Gasteiger partial charge on any atom is -0.391 e. The first kappa shape index (κ1) is 27.4. The first-order valence-electron chi connectivity index (χ1n) is 13.3. The number of hydrogen-bond acceptors (Lipinski definition) is 6. The fourth-order valence-electron chi connectivity index (χ4n) is 5.59. The monoisotopic (exact) mass is 563 g/mol. The molecule has 5 atom stereocenters. The summed E-state index contributed by atoms with van der Waals surface area (Å²) in [7, 11) is 0. The summed E-state index contributed by atoms with van der Waals surface area (Å²) in [5.41, 5.74) is 1.10. The van der Waals surface area contributed by atoms with Crippen LogP contribution in [0.1, 0.15) is 75.7 Å². The number of β-amino-alcohol motifs (C(OH)–C–C–N with tert-alkyl or cyclic N) is 1. The van der Waals surface area contributed by atoms with Gasteiger partial charge in [-0.1, -0.05) is 49.2 Å². The fraction of sp³-hybridized carbons (Fsp3) is 0.630. The van der Waals surface area contributed by atoms with Crippen molar-refractivity contribution in [3.63, 3.8) is 0 Å². The third-order valence-electron chi connectivity index (χ3n) is 7.73. The Kier molecular flexibility index (Phi) is 7.75. The van der Waals surface area contributed by atoms with Crippen molar-refractivity contribution < 1.29 is 19.4 Å². The standard InChI is InChI=1S/C27H35Cl2N5O4/c1-27(2,3)24(34-13-21(31-32-34)15-4-5-15)26(37)33-12-18(35)11-22(33)25(36)30-23(16-8-9-38-14-16)19-10-17(28)6-7-20(19)29/h6-7,10,13,15-16,18,22-24,35H,4-5,8-9,11-12,14H2,1-3H3,(H,30,36)/t16?,18?,22?,23?,24-/m0/s1. The molecule has 206 valence electrons. The van der Waals surface area contributed by atoms with Gasteiger partial charge in [0.1, 0.15) is 12.1 Å². The predicted octanol–water partition coefficient (Wildman–Crippen LogP) is 3.91. The Morgan fingerprint density at radius 3 is 2.63 bits per heavy atom. The highest BCUT2D eigenvalue weighted by Crippen LogP contribution is 2.41. The zero-order valence-electron chi connectivity index (χ0n) is 21.9. The van der Waals surface area contributed by atoms with E-state index in [-0.39, 0.29) is 30.7 Å². The minimum absolute atomic E-state index is 0.00344. The van der Waals surface area contributed by atoms with Gasteiger partial charge < -0.3 is 20.1 Å². The highest BCUT2D eigenvalue weighted by atomic mass is 35.5. The van der Waals surface area contributed by atoms with Crippen LogP contribution in [0.3, 0.4) is 0 Å². The number of aromatic nitrogens is 3. The summed E-state index contributed by atoms with van der Waals surface area (Å²) < 4.78 is 7.23. The Hall–Kier alpha value is -2.20. The van der Waals surface area contributed by atoms with Gasteiger partial charge in [0, 0.05) is 47.7 Å². The number of aliphatic hydroxyl groups is 1. The first-order valence-corrected chi connectivity index (χ1v) is 14.0. The van der Waals surface area contributed by atoms with Crippen molar-refractivity contribution in [1.29, 1.82) is 0 Å². The average molecular weight is 565 g/mol. The number of amides is 2. The normalized spacial score (nSPS) is 25.4. The molecule has 2 aliphatic heterocycles. The van der Waals surface area contributed by atoms with E-state index in [2.05, 4.69) is 15.6 Å². The van der Waals surface area contributed by atoms with Crippen molar-refractivity contribution in [3.8, 4) is 0 Å². The van der Waals surface area contributed by atoms with Crippen molar-refractivity contribution in [2.24, 2.45) is 11.3 Å². The van der Waals surface area contributed by atoms with Gasteiger partial charge in [-0.3, -0.25) is 9.59 Å². The molecule has 1 aromatic carbocycles. The summed E-state index contributed by atoms with van der Waals surface area (Å²) in [4.78, 5) is 29.3. The Morgan fingerprint density at radius 2 is 1.97 bits per heavy atom. The molecular weight excluding hydrogens is 529 g/mol. The van der Waals surface area contributed by atoms with E-state index in [0.29, 0.717) is 34.7 Å². The Morgan fingerprint density at radius 1 is 1.21 bits per heavy atom. The smallest absolute Gasteiger partial charge is 0.248 e. The van der Waals surface area contributed by atoms with E-state index < -0.39 is 29.6 Å². The zero-order valence-corrected chi connectivity index (χ0v) is 23.5. The number of nitrogens with zero attached hydrogens (tertiary/aromatic N) is 4. The molecular formula is C27H35Cl2N5O4. The molecule has 9 nitrogen and oxygen atoms in total. The van der Waals surface area contributed by atoms with Crippen LogP contribution in [0.5, 0.6) is 0 Å². The van der Waals surface area contributed by atoms with Crippen LogP contribution in [0.25, 0.3) is 0 Å². The zero-order chi connectivity index (χ0) is 27.2. The lowest BCUT2D eigenvalue weighted by atomic mass is 9.85. The molecule has 0 bridgehead atoms. The van der Waals surface area contributed by atoms with Gasteiger partial charge in [-0.25, -0.2) is 4.68 Å². The fourth-order valence-corrected chi connectivity index (χ4v) is 6.01. The predicted molar refractivity (Wildman–Crippen MR) is 143 cm³/mol. The summed E-state index contributed by atoms with van der Waals surface area (Å²) in [6, 6.07) is 3.22. The van der Waals surface area contributed by atoms with Crippen molar-refractivity contribution >= 4 is 35.0 Å². The number of ether oxygens (including phenoxy) is 1. The lowest BCUT2D eigenvalue weighted by Crippen LogP contribution is -2.51. The molecule has 2 aromatic rings. The first-order chi connectivity index (χ1) is 18.0. The number of rotatable bonds is 7. The molecule has 3 aliphatic rings. The van der Waals surface area contributed by atoms with Crippen molar-refractivity contribution in [2.75, 3.05) is 19.8 Å². The van der Waals surface area contributed by atoms with Crippen molar-refractivity contribution in [2.45, 2.75) is 76.6 Å². The van der Waals surface area contributed by atoms with Gasteiger partial charge in [0.25, 0.3) is 0 Å². The molecule has 2 amide bonds. The summed E-state index contributed by atoms with van der Waals surface area (Å²) in [6.07, 6.45) is 4.11. The van der Waals surface area contributed by atoms with Crippen LogP contribution >= 0.6 is 23.2 Å². The van der Waals surface area contributed by atoms with Crippen molar-refractivity contribution in [3.05, 3.63) is 45.7 Å². The highest BCUT2D eigenvalue weighted by molar-refractivity contribution is 6.33. The number of likely N-dealkylation sites (tertiary alicyclic amines) is 1. The number of hydrogen-bond donors (Lipinski definition) is 2. The van der Waals surface area contributed by atoms with E-state index >= 15 is 0 Å².